The Labute approximate surface area is 189 Å². The van der Waals surface area contributed by atoms with Gasteiger partial charge in [-0.05, 0) is 63.1 Å². The number of nitrogens with zero attached hydrogens (tertiary/aromatic N) is 3. The van der Waals surface area contributed by atoms with Crippen molar-refractivity contribution in [3.8, 4) is 0 Å². The van der Waals surface area contributed by atoms with Crippen molar-refractivity contribution >= 4 is 27.0 Å². The minimum absolute atomic E-state index is 0.0570. The van der Waals surface area contributed by atoms with Crippen LogP contribution in [0.1, 0.15) is 22.5 Å². The molecule has 32 heavy (non-hydrogen) atoms. The number of hydrogen-bond donors (Lipinski definition) is 1. The first-order valence-corrected chi connectivity index (χ1v) is 12.1. The summed E-state index contributed by atoms with van der Waals surface area (Å²) < 4.78 is 32.4. The minimum atomic E-state index is -3.82. The lowest BCUT2D eigenvalue weighted by Gasteiger charge is -2.28. The van der Waals surface area contributed by atoms with E-state index in [0.717, 1.165) is 41.2 Å². The second-order valence-electron chi connectivity index (χ2n) is 8.13. The highest BCUT2D eigenvalue weighted by Crippen LogP contribution is 2.32. The van der Waals surface area contributed by atoms with Gasteiger partial charge in [0.05, 0.1) is 24.3 Å². The molecule has 1 fully saturated rings. The van der Waals surface area contributed by atoms with Crippen molar-refractivity contribution in [3.05, 3.63) is 65.1 Å². The van der Waals surface area contributed by atoms with Crippen LogP contribution in [0.25, 0.3) is 0 Å². The van der Waals surface area contributed by atoms with Gasteiger partial charge in [-0.15, -0.1) is 0 Å². The van der Waals surface area contributed by atoms with E-state index >= 15 is 0 Å². The van der Waals surface area contributed by atoms with E-state index in [1.807, 2.05) is 32.9 Å². The number of aromatic nitrogens is 2. The average molecular weight is 453 g/mol. The van der Waals surface area contributed by atoms with Crippen molar-refractivity contribution in [2.75, 3.05) is 36.5 Å². The van der Waals surface area contributed by atoms with Crippen molar-refractivity contribution in [2.24, 2.45) is 0 Å². The van der Waals surface area contributed by atoms with Gasteiger partial charge in [-0.3, -0.25) is 0 Å². The molecular formula is C24H28N4O3S. The molecular weight excluding hydrogens is 424 g/mol. The van der Waals surface area contributed by atoms with Gasteiger partial charge in [0, 0.05) is 24.5 Å². The first-order chi connectivity index (χ1) is 15.3. The second kappa shape index (κ2) is 8.88. The number of ether oxygens (including phenoxy) is 1. The molecule has 2 heterocycles. The Hall–Kier alpha value is -2.97. The smallest absolute Gasteiger partial charge is 0.211 e. The van der Waals surface area contributed by atoms with Crippen LogP contribution in [-0.2, 0) is 14.6 Å². The van der Waals surface area contributed by atoms with Gasteiger partial charge in [0.1, 0.15) is 10.7 Å². The van der Waals surface area contributed by atoms with E-state index in [4.69, 9.17) is 4.74 Å². The lowest BCUT2D eigenvalue weighted by molar-refractivity contribution is 0.122. The molecule has 0 unspecified atom stereocenters. The summed E-state index contributed by atoms with van der Waals surface area (Å²) >= 11 is 0. The van der Waals surface area contributed by atoms with Crippen molar-refractivity contribution in [1.82, 2.24) is 9.97 Å². The van der Waals surface area contributed by atoms with E-state index in [1.165, 1.54) is 6.20 Å². The highest BCUT2D eigenvalue weighted by Gasteiger charge is 2.24. The molecule has 168 valence electrons. The third-order valence-corrected chi connectivity index (χ3v) is 7.38. The molecule has 1 aromatic heterocycles. The summed E-state index contributed by atoms with van der Waals surface area (Å²) in [7, 11) is -3.82. The van der Waals surface area contributed by atoms with Gasteiger partial charge in [-0.25, -0.2) is 18.4 Å². The molecule has 0 aliphatic carbocycles. The molecule has 3 aromatic rings. The number of hydrogen-bond acceptors (Lipinski definition) is 7. The summed E-state index contributed by atoms with van der Waals surface area (Å²) in [6, 6.07) is 11.1. The zero-order chi connectivity index (χ0) is 22.9. The zero-order valence-corrected chi connectivity index (χ0v) is 19.7. The summed E-state index contributed by atoms with van der Waals surface area (Å²) in [5, 5.41) is 3.26. The molecule has 0 bridgehead atoms. The van der Waals surface area contributed by atoms with E-state index in [9.17, 15) is 8.42 Å². The largest absolute Gasteiger partial charge is 0.378 e. The van der Waals surface area contributed by atoms with E-state index in [0.29, 0.717) is 19.0 Å². The van der Waals surface area contributed by atoms with E-state index in [1.54, 1.807) is 19.1 Å². The summed E-state index contributed by atoms with van der Waals surface area (Å²) in [6.07, 6.45) is 1.38. The van der Waals surface area contributed by atoms with Gasteiger partial charge in [-0.2, -0.15) is 0 Å². The predicted octanol–water partition coefficient (Wildman–Crippen LogP) is 4.12. The molecule has 1 N–H and O–H groups in total. The Bertz CT molecular complexity index is 1210. The van der Waals surface area contributed by atoms with Crippen LogP contribution in [-0.4, -0.2) is 44.7 Å². The Morgan fingerprint density at radius 2 is 1.59 bits per heavy atom. The van der Waals surface area contributed by atoms with Gasteiger partial charge in [-0.1, -0.05) is 17.7 Å². The van der Waals surface area contributed by atoms with Crippen molar-refractivity contribution < 1.29 is 13.2 Å². The number of aryl methyl sites for hydroxylation is 4. The van der Waals surface area contributed by atoms with Crippen LogP contribution >= 0.6 is 0 Å². The molecule has 0 radical (unpaired) electrons. The van der Waals surface area contributed by atoms with E-state index < -0.39 is 9.84 Å². The minimum Gasteiger partial charge on any atom is -0.378 e. The maximum atomic E-state index is 13.5. The number of benzene rings is 2. The molecule has 4 rings (SSSR count). The van der Waals surface area contributed by atoms with E-state index in [-0.39, 0.29) is 15.6 Å². The molecule has 2 aromatic carbocycles. The molecule has 0 saturated carbocycles. The Balaban J connectivity index is 1.70. The summed E-state index contributed by atoms with van der Waals surface area (Å²) in [6.45, 7) is 10.7. The molecule has 1 saturated heterocycles. The average Bonchev–Trinajstić information content (AvgIpc) is 2.77. The zero-order valence-electron chi connectivity index (χ0n) is 18.8. The molecule has 1 aliphatic rings. The molecule has 0 spiro atoms. The van der Waals surface area contributed by atoms with Crippen LogP contribution in [0.5, 0.6) is 0 Å². The van der Waals surface area contributed by atoms with Crippen molar-refractivity contribution in [2.45, 2.75) is 37.5 Å². The quantitative estimate of drug-likeness (QED) is 0.623. The number of anilines is 3. The topological polar surface area (TPSA) is 84.4 Å². The van der Waals surface area contributed by atoms with Gasteiger partial charge in [0.15, 0.2) is 5.82 Å². The number of nitrogens with one attached hydrogen (secondary N) is 1. The maximum Gasteiger partial charge on any atom is 0.211 e. The SMILES string of the molecule is Cc1cc(C)c(Nc2nc(C)ncc2S(=O)(=O)c2ccc(N3CCOCC3)cc2)c(C)c1. The summed E-state index contributed by atoms with van der Waals surface area (Å²) in [5.41, 5.74) is 5.04. The standard InChI is InChI=1S/C24H28N4O3S/c1-16-13-17(2)23(18(3)14-16)27-24-22(15-25-19(4)26-24)32(29,30)21-7-5-20(6-8-21)28-9-11-31-12-10-28/h5-8,13-15H,9-12H2,1-4H3,(H,25,26,27). The number of morpholine rings is 1. The van der Waals surface area contributed by atoms with Crippen molar-refractivity contribution in [1.29, 1.82) is 0 Å². The highest BCUT2D eigenvalue weighted by atomic mass is 32.2. The van der Waals surface area contributed by atoms with Crippen LogP contribution < -0.4 is 10.2 Å². The fourth-order valence-electron chi connectivity index (χ4n) is 4.03. The molecule has 7 nitrogen and oxygen atoms in total. The molecule has 0 amide bonds. The summed E-state index contributed by atoms with van der Waals surface area (Å²) in [5.74, 6) is 0.779. The van der Waals surface area contributed by atoms with Gasteiger partial charge < -0.3 is 15.0 Å². The Morgan fingerprint density at radius 3 is 2.22 bits per heavy atom. The second-order valence-corrected chi connectivity index (χ2v) is 10.0. The maximum absolute atomic E-state index is 13.5. The Morgan fingerprint density at radius 1 is 0.969 bits per heavy atom. The highest BCUT2D eigenvalue weighted by molar-refractivity contribution is 7.91. The fourth-order valence-corrected chi connectivity index (χ4v) is 5.32. The van der Waals surface area contributed by atoms with Gasteiger partial charge in [0.25, 0.3) is 0 Å². The van der Waals surface area contributed by atoms with Gasteiger partial charge in [0.2, 0.25) is 9.84 Å². The van der Waals surface area contributed by atoms with Crippen LogP contribution in [0.4, 0.5) is 17.2 Å². The Kier molecular flexibility index (Phi) is 6.17. The number of rotatable bonds is 5. The van der Waals surface area contributed by atoms with Crippen LogP contribution in [0, 0.1) is 27.7 Å². The van der Waals surface area contributed by atoms with Crippen LogP contribution in [0.15, 0.2) is 52.4 Å². The first-order valence-electron chi connectivity index (χ1n) is 10.6. The van der Waals surface area contributed by atoms with E-state index in [2.05, 4.69) is 32.3 Å². The van der Waals surface area contributed by atoms with Crippen molar-refractivity contribution in [3.63, 3.8) is 0 Å². The lowest BCUT2D eigenvalue weighted by atomic mass is 10.1. The first kappa shape index (κ1) is 22.2. The lowest BCUT2D eigenvalue weighted by Crippen LogP contribution is -2.36. The molecule has 8 heteroatoms. The van der Waals surface area contributed by atoms with Gasteiger partial charge >= 0.3 is 0 Å². The molecule has 0 atom stereocenters. The third kappa shape index (κ3) is 4.47. The van der Waals surface area contributed by atoms with Crippen LogP contribution in [0.3, 0.4) is 0 Å². The predicted molar refractivity (Wildman–Crippen MR) is 126 cm³/mol. The normalized spacial score (nSPS) is 14.4. The summed E-state index contributed by atoms with van der Waals surface area (Å²) in [4.78, 5) is 11.1. The van der Waals surface area contributed by atoms with Crippen LogP contribution in [0.2, 0.25) is 0 Å². The fraction of sp³-hybridized carbons (Fsp3) is 0.333. The monoisotopic (exact) mass is 452 g/mol. The molecule has 1 aliphatic heterocycles. The third-order valence-electron chi connectivity index (χ3n) is 5.61. The number of sulfone groups is 1.